The van der Waals surface area contributed by atoms with E-state index < -0.39 is 0 Å². The quantitative estimate of drug-likeness (QED) is 0.300. The second kappa shape index (κ2) is 9.24. The summed E-state index contributed by atoms with van der Waals surface area (Å²) in [6.07, 6.45) is 3.71. The topological polar surface area (TPSA) is 63.1 Å². The van der Waals surface area contributed by atoms with Gasteiger partial charge in [-0.2, -0.15) is 0 Å². The molecule has 1 aliphatic heterocycles. The Kier molecular flexibility index (Phi) is 5.57. The molecule has 1 fully saturated rings. The second-order valence-electron chi connectivity index (χ2n) is 9.59. The van der Waals surface area contributed by atoms with Gasteiger partial charge < -0.3 is 10.2 Å². The van der Waals surface area contributed by atoms with Crippen molar-refractivity contribution in [1.29, 1.82) is 0 Å². The SMILES string of the molecule is O=c1ccc2cnc3ccc(-c4cnc5ccccc5c4)cc3c2n1-c1ccc(N2CCNCC2)c(Cl)c1. The molecule has 186 valence electrons. The molecule has 0 atom stereocenters. The number of benzene rings is 3. The van der Waals surface area contributed by atoms with E-state index in [4.69, 9.17) is 11.6 Å². The van der Waals surface area contributed by atoms with Gasteiger partial charge in [0.2, 0.25) is 0 Å². The minimum atomic E-state index is -0.117. The van der Waals surface area contributed by atoms with Crippen LogP contribution in [-0.2, 0) is 0 Å². The summed E-state index contributed by atoms with van der Waals surface area (Å²) in [5, 5.41) is 6.86. The number of para-hydroxylation sites is 1. The lowest BCUT2D eigenvalue weighted by Gasteiger charge is -2.30. The summed E-state index contributed by atoms with van der Waals surface area (Å²) >= 11 is 6.79. The van der Waals surface area contributed by atoms with Crippen molar-refractivity contribution in [3.05, 3.63) is 107 Å². The van der Waals surface area contributed by atoms with E-state index in [9.17, 15) is 4.79 Å². The van der Waals surface area contributed by atoms with Crippen molar-refractivity contribution in [3.63, 3.8) is 0 Å². The molecule has 0 aliphatic carbocycles. The minimum absolute atomic E-state index is 0.117. The standard InChI is InChI=1S/C31H24ClN5O/c32-26-17-24(7-9-29(26)36-13-11-33-12-14-36)37-30(38)10-6-22-18-35-28-8-5-20(16-25(28)31(22)37)23-15-21-3-1-2-4-27(21)34-19-23/h1-10,15-19,33H,11-14H2. The number of hydrogen-bond acceptors (Lipinski definition) is 5. The van der Waals surface area contributed by atoms with Gasteiger partial charge in [-0.15, -0.1) is 0 Å². The van der Waals surface area contributed by atoms with Crippen LogP contribution in [0.15, 0.2) is 96.1 Å². The van der Waals surface area contributed by atoms with Gasteiger partial charge in [0.15, 0.2) is 0 Å². The van der Waals surface area contributed by atoms with Crippen LogP contribution < -0.4 is 15.8 Å². The van der Waals surface area contributed by atoms with E-state index in [1.54, 1.807) is 10.6 Å². The van der Waals surface area contributed by atoms with Crippen molar-refractivity contribution < 1.29 is 0 Å². The highest BCUT2D eigenvalue weighted by Gasteiger charge is 2.16. The maximum absolute atomic E-state index is 13.3. The molecule has 1 N–H and O–H groups in total. The third-order valence-electron chi connectivity index (χ3n) is 7.29. The number of fused-ring (bicyclic) bond motifs is 4. The molecule has 1 saturated heterocycles. The molecule has 38 heavy (non-hydrogen) atoms. The number of aromatic nitrogens is 3. The van der Waals surface area contributed by atoms with Crippen LogP contribution in [-0.4, -0.2) is 40.7 Å². The first-order valence-electron chi connectivity index (χ1n) is 12.7. The smallest absolute Gasteiger partial charge is 0.255 e. The molecule has 0 radical (unpaired) electrons. The Hall–Kier alpha value is -4.26. The Morgan fingerprint density at radius 2 is 1.61 bits per heavy atom. The minimum Gasteiger partial charge on any atom is -0.368 e. The van der Waals surface area contributed by atoms with Crippen LogP contribution in [0.1, 0.15) is 0 Å². The fourth-order valence-corrected chi connectivity index (χ4v) is 5.67. The molecular formula is C31H24ClN5O. The number of rotatable bonds is 3. The number of piperazine rings is 1. The molecule has 7 heteroatoms. The lowest BCUT2D eigenvalue weighted by atomic mass is 10.0. The maximum atomic E-state index is 13.3. The summed E-state index contributed by atoms with van der Waals surface area (Å²) in [5.74, 6) is 0. The van der Waals surface area contributed by atoms with Gasteiger partial charge in [-0.25, -0.2) is 0 Å². The van der Waals surface area contributed by atoms with Gasteiger partial charge in [0.05, 0.1) is 32.9 Å². The van der Waals surface area contributed by atoms with Gasteiger partial charge in [-0.05, 0) is 54.1 Å². The van der Waals surface area contributed by atoms with Crippen LogP contribution in [0, 0.1) is 0 Å². The summed E-state index contributed by atoms with van der Waals surface area (Å²) in [4.78, 5) is 24.9. The van der Waals surface area contributed by atoms with Gasteiger partial charge in [0, 0.05) is 66.4 Å². The molecule has 0 amide bonds. The molecule has 1 aliphatic rings. The van der Waals surface area contributed by atoms with Crippen LogP contribution in [0.4, 0.5) is 5.69 Å². The van der Waals surface area contributed by atoms with Crippen molar-refractivity contribution in [3.8, 4) is 16.8 Å². The Labute approximate surface area is 224 Å². The van der Waals surface area contributed by atoms with E-state index >= 15 is 0 Å². The van der Waals surface area contributed by atoms with Crippen molar-refractivity contribution >= 4 is 50.0 Å². The number of halogens is 1. The van der Waals surface area contributed by atoms with Crippen molar-refractivity contribution in [2.45, 2.75) is 0 Å². The third kappa shape index (κ3) is 3.90. The molecule has 7 rings (SSSR count). The van der Waals surface area contributed by atoms with Gasteiger partial charge in [-0.1, -0.05) is 35.9 Å². The van der Waals surface area contributed by atoms with E-state index in [1.165, 1.54) is 0 Å². The number of pyridine rings is 3. The highest BCUT2D eigenvalue weighted by Crippen LogP contribution is 2.33. The van der Waals surface area contributed by atoms with Crippen molar-refractivity contribution in [2.75, 3.05) is 31.1 Å². The molecule has 4 heterocycles. The molecule has 0 unspecified atom stereocenters. The van der Waals surface area contributed by atoms with E-state index in [0.717, 1.165) is 81.4 Å². The first-order chi connectivity index (χ1) is 18.7. The van der Waals surface area contributed by atoms with Crippen LogP contribution in [0.5, 0.6) is 0 Å². The monoisotopic (exact) mass is 517 g/mol. The van der Waals surface area contributed by atoms with Gasteiger partial charge in [-0.3, -0.25) is 19.3 Å². The zero-order valence-electron chi connectivity index (χ0n) is 20.6. The summed E-state index contributed by atoms with van der Waals surface area (Å²) < 4.78 is 1.75. The molecule has 6 nitrogen and oxygen atoms in total. The van der Waals surface area contributed by atoms with Crippen LogP contribution in [0.2, 0.25) is 5.02 Å². The highest BCUT2D eigenvalue weighted by atomic mass is 35.5. The predicted molar refractivity (Wildman–Crippen MR) is 156 cm³/mol. The second-order valence-corrected chi connectivity index (χ2v) is 10.00. The Bertz CT molecular complexity index is 1910. The zero-order valence-corrected chi connectivity index (χ0v) is 21.3. The average molecular weight is 518 g/mol. The number of nitrogens with one attached hydrogen (secondary N) is 1. The first-order valence-corrected chi connectivity index (χ1v) is 13.1. The van der Waals surface area contributed by atoms with Crippen LogP contribution >= 0.6 is 11.6 Å². The lowest BCUT2D eigenvalue weighted by molar-refractivity contribution is 0.589. The summed E-state index contributed by atoms with van der Waals surface area (Å²) in [5.41, 5.74) is 6.21. The van der Waals surface area contributed by atoms with Crippen molar-refractivity contribution in [1.82, 2.24) is 19.9 Å². The number of hydrogen-bond donors (Lipinski definition) is 1. The molecular weight excluding hydrogens is 494 g/mol. The van der Waals surface area contributed by atoms with Gasteiger partial charge in [0.1, 0.15) is 0 Å². The average Bonchev–Trinajstić information content (AvgIpc) is 2.97. The normalized spacial score (nSPS) is 14.0. The fourth-order valence-electron chi connectivity index (χ4n) is 5.37. The van der Waals surface area contributed by atoms with Gasteiger partial charge >= 0.3 is 0 Å². The molecule has 0 bridgehead atoms. The predicted octanol–water partition coefficient (Wildman–Crippen LogP) is 5.82. The Morgan fingerprint density at radius 1 is 0.763 bits per heavy atom. The van der Waals surface area contributed by atoms with Gasteiger partial charge in [0.25, 0.3) is 5.56 Å². The summed E-state index contributed by atoms with van der Waals surface area (Å²) in [7, 11) is 0. The van der Waals surface area contributed by atoms with E-state index in [0.29, 0.717) is 5.02 Å². The summed E-state index contributed by atoms with van der Waals surface area (Å²) in [6.45, 7) is 3.65. The first kappa shape index (κ1) is 22.9. The molecule has 0 saturated carbocycles. The van der Waals surface area contributed by atoms with E-state index in [1.807, 2.05) is 60.9 Å². The lowest BCUT2D eigenvalue weighted by Crippen LogP contribution is -2.43. The largest absolute Gasteiger partial charge is 0.368 e. The molecule has 6 aromatic rings. The summed E-state index contributed by atoms with van der Waals surface area (Å²) in [6, 6.07) is 25.7. The zero-order chi connectivity index (χ0) is 25.6. The van der Waals surface area contributed by atoms with E-state index in [2.05, 4.69) is 44.5 Å². The Balaban J connectivity index is 1.42. The number of nitrogens with zero attached hydrogens (tertiary/aromatic N) is 4. The maximum Gasteiger partial charge on any atom is 0.255 e. The number of anilines is 1. The third-order valence-corrected chi connectivity index (χ3v) is 7.59. The molecule has 0 spiro atoms. The Morgan fingerprint density at radius 3 is 2.47 bits per heavy atom. The fraction of sp³-hybridized carbons (Fsp3) is 0.129. The van der Waals surface area contributed by atoms with Crippen LogP contribution in [0.3, 0.4) is 0 Å². The molecule has 3 aromatic carbocycles. The highest BCUT2D eigenvalue weighted by molar-refractivity contribution is 6.33. The van der Waals surface area contributed by atoms with Crippen LogP contribution in [0.25, 0.3) is 49.5 Å². The van der Waals surface area contributed by atoms with E-state index in [-0.39, 0.29) is 5.56 Å². The van der Waals surface area contributed by atoms with Crippen molar-refractivity contribution in [2.24, 2.45) is 0 Å². The molecule has 3 aromatic heterocycles.